The molecule has 2 saturated carbocycles. The maximum Gasteiger partial charge on any atom is 0.379 e. The minimum Gasteiger partial charge on any atom is -0.427 e. The molecule has 1 saturated heterocycles. The fraction of sp³-hybridized carbons (Fsp3) is 0.900. The van der Waals surface area contributed by atoms with Gasteiger partial charge in [0.2, 0.25) is 5.79 Å². The number of alkyl halides is 2. The molecule has 0 radical (unpaired) electrons. The van der Waals surface area contributed by atoms with Crippen molar-refractivity contribution < 1.29 is 30.9 Å². The Kier molecular flexibility index (Phi) is 2.20. The molecule has 3 rings (SSSR count). The van der Waals surface area contributed by atoms with E-state index in [4.69, 9.17) is 8.92 Å². The average Bonchev–Trinajstić information content (AvgIpc) is 2.74. The van der Waals surface area contributed by atoms with Crippen LogP contribution >= 0.6 is 0 Å². The predicted molar refractivity (Wildman–Crippen MR) is 54.1 cm³/mol. The zero-order chi connectivity index (χ0) is 13.3. The summed E-state index contributed by atoms with van der Waals surface area (Å²) in [5.41, 5.74) is 0. The zero-order valence-electron chi connectivity index (χ0n) is 9.56. The van der Waals surface area contributed by atoms with Crippen LogP contribution in [-0.2, 0) is 23.8 Å². The highest BCUT2D eigenvalue weighted by atomic mass is 32.2. The van der Waals surface area contributed by atoms with Crippen molar-refractivity contribution in [2.75, 3.05) is 0 Å². The molecule has 0 aromatic heterocycles. The van der Waals surface area contributed by atoms with Gasteiger partial charge in [-0.25, -0.2) is 8.98 Å². The van der Waals surface area contributed by atoms with Crippen LogP contribution in [-0.4, -0.2) is 31.3 Å². The number of rotatable bonds is 2. The molecule has 5 nitrogen and oxygen atoms in total. The van der Waals surface area contributed by atoms with Gasteiger partial charge in [0.25, 0.3) is 10.1 Å². The lowest BCUT2D eigenvalue weighted by molar-refractivity contribution is -0.224. The van der Waals surface area contributed by atoms with Gasteiger partial charge in [0.1, 0.15) is 0 Å². The molecule has 0 aromatic rings. The molecule has 0 spiro atoms. The number of esters is 1. The summed E-state index contributed by atoms with van der Waals surface area (Å²) in [5.74, 6) is -7.50. The fourth-order valence-corrected chi connectivity index (χ4v) is 5.31. The Morgan fingerprint density at radius 2 is 2.11 bits per heavy atom. The Bertz CT molecular complexity index is 511. The van der Waals surface area contributed by atoms with Gasteiger partial charge in [-0.2, -0.15) is 17.2 Å². The van der Waals surface area contributed by atoms with Crippen LogP contribution in [0.4, 0.5) is 8.78 Å². The Morgan fingerprint density at radius 1 is 1.44 bits per heavy atom. The first-order chi connectivity index (χ1) is 8.14. The highest BCUT2D eigenvalue weighted by Crippen LogP contribution is 2.61. The molecular formula is C10H12F2O5S. The minimum atomic E-state index is -3.80. The van der Waals surface area contributed by atoms with Crippen molar-refractivity contribution in [3.05, 3.63) is 0 Å². The Balaban J connectivity index is 1.91. The lowest BCUT2D eigenvalue weighted by atomic mass is 9.93. The summed E-state index contributed by atoms with van der Waals surface area (Å²) >= 11 is 0. The second kappa shape index (κ2) is 3.22. The lowest BCUT2D eigenvalue weighted by Crippen LogP contribution is -2.44. The standard InChI is InChI=1S/C10H12F2O5S/c1-9(11,12)8(13)16-10-4-5-2-6(10)7(3-5)18(14,15)17-10/h5-7H,2-4H2,1H3. The topological polar surface area (TPSA) is 69.7 Å². The Labute approximate surface area is 103 Å². The molecule has 0 amide bonds. The second-order valence-corrected chi connectivity index (χ2v) is 7.11. The predicted octanol–water partition coefficient (Wildman–Crippen LogP) is 1.04. The number of hydrogen-bond donors (Lipinski definition) is 0. The van der Waals surface area contributed by atoms with Gasteiger partial charge in [0, 0.05) is 19.3 Å². The van der Waals surface area contributed by atoms with Crippen LogP contribution < -0.4 is 0 Å². The molecule has 1 heterocycles. The SMILES string of the molecule is CC(F)(F)C(=O)OC12CC3CC1C(C3)S(=O)(=O)O2. The summed E-state index contributed by atoms with van der Waals surface area (Å²) in [4.78, 5) is 11.2. The molecule has 0 aromatic carbocycles. The minimum absolute atomic E-state index is 0.0653. The van der Waals surface area contributed by atoms with E-state index in [2.05, 4.69) is 0 Å². The van der Waals surface area contributed by atoms with Gasteiger partial charge >= 0.3 is 11.9 Å². The third-order valence-corrected chi connectivity index (χ3v) is 5.77. The van der Waals surface area contributed by atoms with E-state index in [9.17, 15) is 22.0 Å². The van der Waals surface area contributed by atoms with Crippen molar-refractivity contribution in [1.29, 1.82) is 0 Å². The molecule has 1 aliphatic heterocycles. The van der Waals surface area contributed by atoms with Crippen LogP contribution in [0, 0.1) is 11.8 Å². The van der Waals surface area contributed by atoms with E-state index < -0.39 is 39.0 Å². The van der Waals surface area contributed by atoms with E-state index in [1.807, 2.05) is 0 Å². The monoisotopic (exact) mass is 282 g/mol. The van der Waals surface area contributed by atoms with Crippen molar-refractivity contribution in [2.45, 2.75) is 43.1 Å². The first-order valence-corrected chi connectivity index (χ1v) is 7.17. The molecule has 8 heteroatoms. The third kappa shape index (κ3) is 1.51. The molecule has 2 aliphatic carbocycles. The summed E-state index contributed by atoms with van der Waals surface area (Å²) in [5, 5.41) is -0.713. The van der Waals surface area contributed by atoms with E-state index in [-0.39, 0.29) is 12.3 Å². The normalized spacial score (nSPS) is 44.3. The first kappa shape index (κ1) is 12.3. The molecule has 4 atom stereocenters. The van der Waals surface area contributed by atoms with E-state index in [1.54, 1.807) is 0 Å². The number of carbonyl (C=O) groups excluding carboxylic acids is 1. The van der Waals surface area contributed by atoms with Gasteiger partial charge in [-0.3, -0.25) is 0 Å². The lowest BCUT2D eigenvalue weighted by Gasteiger charge is -2.29. The molecule has 4 unspecified atom stereocenters. The number of hydrogen-bond acceptors (Lipinski definition) is 5. The molecule has 102 valence electrons. The maximum absolute atomic E-state index is 12.8. The molecule has 3 aliphatic rings. The third-order valence-electron chi connectivity index (χ3n) is 3.99. The van der Waals surface area contributed by atoms with Gasteiger partial charge in [-0.15, -0.1) is 0 Å². The second-order valence-electron chi connectivity index (χ2n) is 5.35. The zero-order valence-corrected chi connectivity index (χ0v) is 10.4. The van der Waals surface area contributed by atoms with Crippen molar-refractivity contribution >= 4 is 16.1 Å². The summed E-state index contributed by atoms with van der Waals surface area (Å²) in [7, 11) is -3.80. The Morgan fingerprint density at radius 3 is 2.67 bits per heavy atom. The van der Waals surface area contributed by atoms with Gasteiger partial charge in [0.15, 0.2) is 0 Å². The van der Waals surface area contributed by atoms with Gasteiger partial charge in [0.05, 0.1) is 5.25 Å². The quantitative estimate of drug-likeness (QED) is 0.559. The smallest absolute Gasteiger partial charge is 0.379 e. The van der Waals surface area contributed by atoms with Crippen molar-refractivity contribution in [2.24, 2.45) is 11.8 Å². The first-order valence-electron chi connectivity index (χ1n) is 5.70. The van der Waals surface area contributed by atoms with Crippen LogP contribution in [0.5, 0.6) is 0 Å². The molecule has 18 heavy (non-hydrogen) atoms. The Hall–Kier alpha value is -0.760. The van der Waals surface area contributed by atoms with E-state index in [0.717, 1.165) is 0 Å². The van der Waals surface area contributed by atoms with Crippen molar-refractivity contribution in [3.8, 4) is 0 Å². The van der Waals surface area contributed by atoms with E-state index in [1.165, 1.54) is 0 Å². The van der Waals surface area contributed by atoms with Gasteiger partial charge in [-0.1, -0.05) is 0 Å². The van der Waals surface area contributed by atoms with Crippen LogP contribution in [0.2, 0.25) is 0 Å². The summed E-state index contributed by atoms with van der Waals surface area (Å²) in [6, 6.07) is 0. The molecule has 2 bridgehead atoms. The van der Waals surface area contributed by atoms with Crippen LogP contribution in [0.3, 0.4) is 0 Å². The highest BCUT2D eigenvalue weighted by Gasteiger charge is 2.70. The van der Waals surface area contributed by atoms with Crippen LogP contribution in [0.1, 0.15) is 26.2 Å². The van der Waals surface area contributed by atoms with E-state index in [0.29, 0.717) is 19.8 Å². The fourth-order valence-electron chi connectivity index (χ4n) is 3.34. The summed E-state index contributed by atoms with van der Waals surface area (Å²) in [6.45, 7) is 0.417. The van der Waals surface area contributed by atoms with Gasteiger partial charge in [-0.05, 0) is 18.8 Å². The maximum atomic E-state index is 12.8. The van der Waals surface area contributed by atoms with Crippen molar-refractivity contribution in [3.63, 3.8) is 0 Å². The van der Waals surface area contributed by atoms with Crippen LogP contribution in [0.25, 0.3) is 0 Å². The number of carbonyl (C=O) groups is 1. The molecule has 3 fully saturated rings. The number of ether oxygens (including phenoxy) is 1. The largest absolute Gasteiger partial charge is 0.427 e. The van der Waals surface area contributed by atoms with Crippen molar-refractivity contribution in [1.82, 2.24) is 0 Å². The molecular weight excluding hydrogens is 270 g/mol. The molecule has 0 N–H and O–H groups in total. The summed E-state index contributed by atoms with van der Waals surface area (Å²) in [6.07, 6.45) is 1.20. The average molecular weight is 282 g/mol. The number of fused-ring (bicyclic) bond motifs is 1. The van der Waals surface area contributed by atoms with Crippen LogP contribution in [0.15, 0.2) is 0 Å². The summed E-state index contributed by atoms with van der Waals surface area (Å²) < 4.78 is 58.7. The number of halogens is 2. The van der Waals surface area contributed by atoms with E-state index >= 15 is 0 Å². The highest BCUT2D eigenvalue weighted by molar-refractivity contribution is 7.87. The van der Waals surface area contributed by atoms with Gasteiger partial charge < -0.3 is 4.74 Å².